The zero-order chi connectivity index (χ0) is 12.3. The highest BCUT2D eigenvalue weighted by molar-refractivity contribution is 5.39. The number of aryl methyl sites for hydroxylation is 2. The first kappa shape index (κ1) is 11.6. The fourth-order valence-corrected chi connectivity index (χ4v) is 1.75. The summed E-state index contributed by atoms with van der Waals surface area (Å²) >= 11 is 0. The third-order valence-electron chi connectivity index (χ3n) is 2.82. The molecule has 0 spiro atoms. The Morgan fingerprint density at radius 2 is 1.76 bits per heavy atom. The molecule has 0 radical (unpaired) electrons. The normalized spacial score (nSPS) is 12.4. The van der Waals surface area contributed by atoms with Crippen LogP contribution in [-0.2, 0) is 0 Å². The molecule has 1 aromatic carbocycles. The number of rotatable bonds is 4. The third-order valence-corrected chi connectivity index (χ3v) is 2.82. The molecular weight excluding hydrogens is 214 g/mol. The quantitative estimate of drug-likeness (QED) is 0.811. The summed E-state index contributed by atoms with van der Waals surface area (Å²) in [6, 6.07) is 6.39. The Bertz CT molecular complexity index is 459. The van der Waals surface area contributed by atoms with Crippen molar-refractivity contribution >= 4 is 0 Å². The Balaban J connectivity index is 2.03. The maximum atomic E-state index is 5.88. The molecule has 1 heterocycles. The lowest BCUT2D eigenvalue weighted by Gasteiger charge is -2.16. The van der Waals surface area contributed by atoms with Gasteiger partial charge in [-0.25, -0.2) is 0 Å². The Morgan fingerprint density at radius 3 is 2.35 bits per heavy atom. The van der Waals surface area contributed by atoms with Crippen molar-refractivity contribution in [1.82, 2.24) is 14.8 Å². The van der Waals surface area contributed by atoms with E-state index in [0.29, 0.717) is 6.61 Å². The maximum Gasteiger partial charge on any atom is 0.125 e. The van der Waals surface area contributed by atoms with Crippen LogP contribution in [0.2, 0.25) is 0 Å². The van der Waals surface area contributed by atoms with E-state index in [1.807, 2.05) is 10.6 Å². The molecule has 0 saturated carbocycles. The maximum absolute atomic E-state index is 5.88. The largest absolute Gasteiger partial charge is 0.491 e. The molecule has 0 amide bonds. The molecule has 0 fully saturated rings. The molecule has 0 aliphatic carbocycles. The zero-order valence-electron chi connectivity index (χ0n) is 10.4. The van der Waals surface area contributed by atoms with E-state index >= 15 is 0 Å². The van der Waals surface area contributed by atoms with Crippen LogP contribution in [0.5, 0.6) is 5.75 Å². The molecule has 4 nitrogen and oxygen atoms in total. The average molecular weight is 231 g/mol. The monoisotopic (exact) mass is 231 g/mol. The Hall–Kier alpha value is -1.84. The first-order valence-electron chi connectivity index (χ1n) is 5.71. The van der Waals surface area contributed by atoms with Gasteiger partial charge in [-0.1, -0.05) is 18.2 Å². The highest BCUT2D eigenvalue weighted by atomic mass is 16.5. The molecule has 2 aromatic rings. The van der Waals surface area contributed by atoms with E-state index in [0.717, 1.165) is 5.75 Å². The standard InChI is InChI=1S/C13H17N3O/c1-10-5-4-6-11(2)13(10)17-7-12(3)16-8-14-15-9-16/h4-6,8-9,12H,7H2,1-3H3/t12-/m1/s1. The summed E-state index contributed by atoms with van der Waals surface area (Å²) in [7, 11) is 0. The molecule has 0 aliphatic heterocycles. The minimum atomic E-state index is 0.226. The summed E-state index contributed by atoms with van der Waals surface area (Å²) in [6.45, 7) is 6.82. The summed E-state index contributed by atoms with van der Waals surface area (Å²) in [5.41, 5.74) is 2.34. The van der Waals surface area contributed by atoms with Crippen LogP contribution in [0, 0.1) is 13.8 Å². The topological polar surface area (TPSA) is 39.9 Å². The predicted octanol–water partition coefficient (Wildman–Crippen LogP) is 2.53. The van der Waals surface area contributed by atoms with Gasteiger partial charge in [-0.15, -0.1) is 10.2 Å². The van der Waals surface area contributed by atoms with Gasteiger partial charge in [0, 0.05) is 0 Å². The van der Waals surface area contributed by atoms with E-state index in [1.54, 1.807) is 12.7 Å². The number of aromatic nitrogens is 3. The number of para-hydroxylation sites is 1. The van der Waals surface area contributed by atoms with Crippen LogP contribution in [0.1, 0.15) is 24.1 Å². The van der Waals surface area contributed by atoms with Crippen molar-refractivity contribution in [2.75, 3.05) is 6.61 Å². The summed E-state index contributed by atoms with van der Waals surface area (Å²) in [6.07, 6.45) is 3.41. The van der Waals surface area contributed by atoms with E-state index in [-0.39, 0.29) is 6.04 Å². The van der Waals surface area contributed by atoms with Crippen LogP contribution in [0.15, 0.2) is 30.9 Å². The third kappa shape index (κ3) is 2.64. The van der Waals surface area contributed by atoms with E-state index < -0.39 is 0 Å². The van der Waals surface area contributed by atoms with Gasteiger partial charge in [0.15, 0.2) is 0 Å². The highest BCUT2D eigenvalue weighted by Gasteiger charge is 2.08. The van der Waals surface area contributed by atoms with Crippen LogP contribution >= 0.6 is 0 Å². The van der Waals surface area contributed by atoms with Gasteiger partial charge in [-0.2, -0.15) is 0 Å². The Morgan fingerprint density at radius 1 is 1.18 bits per heavy atom. The number of benzene rings is 1. The molecule has 2 rings (SSSR count). The van der Waals surface area contributed by atoms with Crippen LogP contribution in [0.25, 0.3) is 0 Å². The molecular formula is C13H17N3O. The summed E-state index contributed by atoms with van der Waals surface area (Å²) in [4.78, 5) is 0. The second-order valence-corrected chi connectivity index (χ2v) is 4.29. The van der Waals surface area contributed by atoms with Crippen molar-refractivity contribution in [1.29, 1.82) is 0 Å². The lowest BCUT2D eigenvalue weighted by Crippen LogP contribution is -2.13. The Kier molecular flexibility index (Phi) is 3.42. The second-order valence-electron chi connectivity index (χ2n) is 4.29. The zero-order valence-corrected chi connectivity index (χ0v) is 10.4. The molecule has 17 heavy (non-hydrogen) atoms. The van der Waals surface area contributed by atoms with E-state index in [9.17, 15) is 0 Å². The molecule has 0 aliphatic rings. The summed E-state index contributed by atoms with van der Waals surface area (Å²) in [5, 5.41) is 7.58. The highest BCUT2D eigenvalue weighted by Crippen LogP contribution is 2.23. The van der Waals surface area contributed by atoms with Gasteiger partial charge in [-0.3, -0.25) is 0 Å². The van der Waals surface area contributed by atoms with Gasteiger partial charge in [0.1, 0.15) is 25.0 Å². The van der Waals surface area contributed by atoms with E-state index in [1.165, 1.54) is 11.1 Å². The number of nitrogens with zero attached hydrogens (tertiary/aromatic N) is 3. The fourth-order valence-electron chi connectivity index (χ4n) is 1.75. The molecule has 1 atom stereocenters. The van der Waals surface area contributed by atoms with Crippen LogP contribution in [0.3, 0.4) is 0 Å². The molecule has 4 heteroatoms. The summed E-state index contributed by atoms with van der Waals surface area (Å²) < 4.78 is 7.81. The molecule has 1 aromatic heterocycles. The fraction of sp³-hybridized carbons (Fsp3) is 0.385. The SMILES string of the molecule is Cc1cccc(C)c1OC[C@@H](C)n1cnnc1. The minimum Gasteiger partial charge on any atom is -0.491 e. The van der Waals surface area contributed by atoms with Gasteiger partial charge < -0.3 is 9.30 Å². The van der Waals surface area contributed by atoms with Gasteiger partial charge in [0.2, 0.25) is 0 Å². The second kappa shape index (κ2) is 4.99. The average Bonchev–Trinajstić information content (AvgIpc) is 2.81. The number of hydrogen-bond donors (Lipinski definition) is 0. The molecule has 0 N–H and O–H groups in total. The summed E-state index contributed by atoms with van der Waals surface area (Å²) in [5.74, 6) is 0.979. The van der Waals surface area contributed by atoms with E-state index in [4.69, 9.17) is 4.74 Å². The van der Waals surface area contributed by atoms with Crippen molar-refractivity contribution in [3.63, 3.8) is 0 Å². The molecule has 0 unspecified atom stereocenters. The van der Waals surface area contributed by atoms with Gasteiger partial charge >= 0.3 is 0 Å². The lowest BCUT2D eigenvalue weighted by atomic mass is 10.1. The Labute approximate surface area is 101 Å². The van der Waals surface area contributed by atoms with Crippen molar-refractivity contribution < 1.29 is 4.74 Å². The van der Waals surface area contributed by atoms with Crippen molar-refractivity contribution in [3.8, 4) is 5.75 Å². The molecule has 0 bridgehead atoms. The number of hydrogen-bond acceptors (Lipinski definition) is 3. The van der Waals surface area contributed by atoms with Crippen LogP contribution in [0.4, 0.5) is 0 Å². The molecule has 90 valence electrons. The van der Waals surface area contributed by atoms with Crippen LogP contribution in [-0.4, -0.2) is 21.4 Å². The minimum absolute atomic E-state index is 0.226. The molecule has 0 saturated heterocycles. The van der Waals surface area contributed by atoms with E-state index in [2.05, 4.69) is 43.1 Å². The van der Waals surface area contributed by atoms with Gasteiger partial charge in [-0.05, 0) is 31.9 Å². The first-order valence-corrected chi connectivity index (χ1v) is 5.71. The van der Waals surface area contributed by atoms with Gasteiger partial charge in [0.05, 0.1) is 6.04 Å². The lowest BCUT2D eigenvalue weighted by molar-refractivity contribution is 0.257. The van der Waals surface area contributed by atoms with Crippen molar-refractivity contribution in [2.24, 2.45) is 0 Å². The van der Waals surface area contributed by atoms with Crippen molar-refractivity contribution in [3.05, 3.63) is 42.0 Å². The predicted molar refractivity (Wildman–Crippen MR) is 66.1 cm³/mol. The van der Waals surface area contributed by atoms with Crippen molar-refractivity contribution in [2.45, 2.75) is 26.8 Å². The van der Waals surface area contributed by atoms with Gasteiger partial charge in [0.25, 0.3) is 0 Å². The number of ether oxygens (including phenoxy) is 1. The smallest absolute Gasteiger partial charge is 0.125 e. The first-order chi connectivity index (χ1) is 8.18. The van der Waals surface area contributed by atoms with Crippen LogP contribution < -0.4 is 4.74 Å².